The van der Waals surface area contributed by atoms with Gasteiger partial charge >= 0.3 is 0 Å². The number of ketones is 1. The van der Waals surface area contributed by atoms with Crippen LogP contribution in [0, 0.1) is 0 Å². The first-order chi connectivity index (χ1) is 4.22. The molecule has 4 heteroatoms. The van der Waals surface area contributed by atoms with Gasteiger partial charge < -0.3 is 5.73 Å². The third-order valence-corrected chi connectivity index (χ3v) is 2.10. The van der Waals surface area contributed by atoms with Gasteiger partial charge in [-0.15, -0.1) is 0 Å². The van der Waals surface area contributed by atoms with Crippen molar-refractivity contribution in [1.82, 2.24) is 0 Å². The molecule has 0 aromatic carbocycles. The minimum atomic E-state index is -0.529. The van der Waals surface area contributed by atoms with E-state index in [4.69, 9.17) is 5.73 Å². The molecule has 1 saturated heterocycles. The molecule has 9 heavy (non-hydrogen) atoms. The summed E-state index contributed by atoms with van der Waals surface area (Å²) in [6.07, 6.45) is 0.634. The lowest BCUT2D eigenvalue weighted by atomic mass is 10.1. The first-order valence-corrected chi connectivity index (χ1v) is 3.67. The van der Waals surface area contributed by atoms with Gasteiger partial charge in [-0.1, -0.05) is 11.8 Å². The molecule has 1 aliphatic heterocycles. The topological polar surface area (TPSA) is 60.2 Å². The van der Waals surface area contributed by atoms with Gasteiger partial charge in [0.25, 0.3) is 5.12 Å². The highest BCUT2D eigenvalue weighted by molar-refractivity contribution is 8.15. The van der Waals surface area contributed by atoms with Crippen molar-refractivity contribution in [1.29, 1.82) is 0 Å². The number of carbonyl (C=O) groups is 2. The van der Waals surface area contributed by atoms with E-state index in [0.717, 1.165) is 11.8 Å². The Bertz CT molecular complexity index is 157. The standard InChI is InChI=1S/C5H7NO2S/c6-3-1-2-9-5(8)4(3)7/h3H,1-2,6H2. The molecule has 1 fully saturated rings. The first kappa shape index (κ1) is 6.77. The first-order valence-electron chi connectivity index (χ1n) is 2.68. The summed E-state index contributed by atoms with van der Waals surface area (Å²) in [5, 5.41) is -0.381. The molecule has 0 saturated carbocycles. The zero-order valence-electron chi connectivity index (χ0n) is 4.79. The summed E-state index contributed by atoms with van der Waals surface area (Å²) in [6.45, 7) is 0. The summed E-state index contributed by atoms with van der Waals surface area (Å²) in [5.41, 5.74) is 5.28. The van der Waals surface area contributed by atoms with Crippen molar-refractivity contribution in [2.75, 3.05) is 5.75 Å². The van der Waals surface area contributed by atoms with Crippen LogP contribution in [-0.2, 0) is 9.59 Å². The molecule has 0 aromatic rings. The summed E-state index contributed by atoms with van der Waals surface area (Å²) in [5.74, 6) is 0.261. The van der Waals surface area contributed by atoms with E-state index in [1.165, 1.54) is 0 Å². The van der Waals surface area contributed by atoms with Gasteiger partial charge in [-0.3, -0.25) is 9.59 Å². The minimum absolute atomic E-state index is 0.381. The van der Waals surface area contributed by atoms with Crippen LogP contribution in [0.4, 0.5) is 0 Å². The second kappa shape index (κ2) is 2.49. The van der Waals surface area contributed by atoms with Crippen LogP contribution in [0.1, 0.15) is 6.42 Å². The maximum atomic E-state index is 10.6. The maximum absolute atomic E-state index is 10.6. The second-order valence-electron chi connectivity index (χ2n) is 1.90. The van der Waals surface area contributed by atoms with Crippen molar-refractivity contribution in [3.05, 3.63) is 0 Å². The van der Waals surface area contributed by atoms with Crippen LogP contribution in [0.3, 0.4) is 0 Å². The maximum Gasteiger partial charge on any atom is 0.256 e. The largest absolute Gasteiger partial charge is 0.321 e. The number of Topliss-reactive ketones (excluding diaryl/α,β-unsaturated/α-hetero) is 1. The zero-order chi connectivity index (χ0) is 6.85. The molecule has 0 aromatic heterocycles. The van der Waals surface area contributed by atoms with Gasteiger partial charge in [-0.25, -0.2) is 0 Å². The zero-order valence-corrected chi connectivity index (χ0v) is 5.61. The van der Waals surface area contributed by atoms with E-state index in [9.17, 15) is 9.59 Å². The third kappa shape index (κ3) is 1.31. The molecule has 0 spiro atoms. The highest BCUT2D eigenvalue weighted by Gasteiger charge is 2.26. The lowest BCUT2D eigenvalue weighted by Gasteiger charge is -2.12. The van der Waals surface area contributed by atoms with Gasteiger partial charge in [0, 0.05) is 5.75 Å². The number of carbonyl (C=O) groups excluding carboxylic acids is 2. The van der Waals surface area contributed by atoms with Crippen LogP contribution >= 0.6 is 11.8 Å². The van der Waals surface area contributed by atoms with E-state index in [-0.39, 0.29) is 5.12 Å². The molecule has 1 atom stereocenters. The van der Waals surface area contributed by atoms with Crippen molar-refractivity contribution < 1.29 is 9.59 Å². The fraction of sp³-hybridized carbons (Fsp3) is 0.600. The summed E-state index contributed by atoms with van der Waals surface area (Å²) in [6, 6.07) is -0.529. The quantitative estimate of drug-likeness (QED) is 0.469. The Morgan fingerprint density at radius 2 is 2.22 bits per heavy atom. The van der Waals surface area contributed by atoms with E-state index in [1.807, 2.05) is 0 Å². The van der Waals surface area contributed by atoms with Crippen LogP contribution in [0.5, 0.6) is 0 Å². The van der Waals surface area contributed by atoms with Crippen LogP contribution in [0.2, 0.25) is 0 Å². The van der Waals surface area contributed by atoms with Crippen LogP contribution < -0.4 is 5.73 Å². The normalized spacial score (nSPS) is 28.8. The highest BCUT2D eigenvalue weighted by Crippen LogP contribution is 2.14. The Balaban J connectivity index is 2.62. The Hall–Kier alpha value is -0.350. The predicted octanol–water partition coefficient (Wildman–Crippen LogP) is -0.454. The van der Waals surface area contributed by atoms with Crippen molar-refractivity contribution in [3.63, 3.8) is 0 Å². The molecule has 0 aliphatic carbocycles. The highest BCUT2D eigenvalue weighted by atomic mass is 32.2. The van der Waals surface area contributed by atoms with E-state index in [2.05, 4.69) is 0 Å². The smallest absolute Gasteiger partial charge is 0.256 e. The molecule has 0 radical (unpaired) electrons. The van der Waals surface area contributed by atoms with Crippen LogP contribution in [-0.4, -0.2) is 22.7 Å². The van der Waals surface area contributed by atoms with Crippen molar-refractivity contribution in [2.45, 2.75) is 12.5 Å². The molecular weight excluding hydrogens is 138 g/mol. The van der Waals surface area contributed by atoms with Gasteiger partial charge in [0.15, 0.2) is 0 Å². The number of nitrogens with two attached hydrogens (primary N) is 1. The number of hydrogen-bond donors (Lipinski definition) is 1. The Labute approximate surface area is 57.0 Å². The average molecular weight is 145 g/mol. The molecule has 1 aliphatic rings. The summed E-state index contributed by atoms with van der Waals surface area (Å²) in [4.78, 5) is 21.2. The molecule has 50 valence electrons. The second-order valence-corrected chi connectivity index (χ2v) is 2.96. The lowest BCUT2D eigenvalue weighted by Crippen LogP contribution is -2.38. The fourth-order valence-corrected chi connectivity index (χ4v) is 1.48. The Morgan fingerprint density at radius 1 is 1.56 bits per heavy atom. The molecule has 1 heterocycles. The molecule has 3 nitrogen and oxygen atoms in total. The lowest BCUT2D eigenvalue weighted by molar-refractivity contribution is -0.132. The van der Waals surface area contributed by atoms with Crippen molar-refractivity contribution >= 4 is 22.7 Å². The van der Waals surface area contributed by atoms with E-state index in [1.54, 1.807) is 0 Å². The molecule has 0 amide bonds. The van der Waals surface area contributed by atoms with Crippen LogP contribution in [0.25, 0.3) is 0 Å². The third-order valence-electron chi connectivity index (χ3n) is 1.20. The molecule has 0 bridgehead atoms. The van der Waals surface area contributed by atoms with Crippen LogP contribution in [0.15, 0.2) is 0 Å². The summed E-state index contributed by atoms with van der Waals surface area (Å²) >= 11 is 1.06. The minimum Gasteiger partial charge on any atom is -0.321 e. The van der Waals surface area contributed by atoms with E-state index < -0.39 is 11.8 Å². The molecule has 1 rings (SSSR count). The number of rotatable bonds is 0. The Morgan fingerprint density at radius 3 is 2.67 bits per heavy atom. The monoisotopic (exact) mass is 145 g/mol. The van der Waals surface area contributed by atoms with Gasteiger partial charge in [0.05, 0.1) is 6.04 Å². The number of hydrogen-bond acceptors (Lipinski definition) is 4. The fourth-order valence-electron chi connectivity index (χ4n) is 0.632. The summed E-state index contributed by atoms with van der Waals surface area (Å²) < 4.78 is 0. The van der Waals surface area contributed by atoms with Crippen molar-refractivity contribution in [2.24, 2.45) is 5.73 Å². The van der Waals surface area contributed by atoms with Gasteiger partial charge in [0.1, 0.15) is 0 Å². The molecular formula is C5H7NO2S. The van der Waals surface area contributed by atoms with Gasteiger partial charge in [-0.2, -0.15) is 0 Å². The molecule has 2 N–H and O–H groups in total. The van der Waals surface area contributed by atoms with Crippen molar-refractivity contribution in [3.8, 4) is 0 Å². The SMILES string of the molecule is NC1CCSC(=O)C1=O. The molecule has 1 unspecified atom stereocenters. The van der Waals surface area contributed by atoms with Gasteiger partial charge in [-0.05, 0) is 6.42 Å². The predicted molar refractivity (Wildman–Crippen MR) is 35.1 cm³/mol. The van der Waals surface area contributed by atoms with E-state index >= 15 is 0 Å². The Kier molecular flexibility index (Phi) is 1.87. The van der Waals surface area contributed by atoms with E-state index in [0.29, 0.717) is 12.2 Å². The van der Waals surface area contributed by atoms with Gasteiger partial charge in [0.2, 0.25) is 5.78 Å². The summed E-state index contributed by atoms with van der Waals surface area (Å²) in [7, 11) is 0. The number of thioether (sulfide) groups is 1. The average Bonchev–Trinajstić information content (AvgIpc) is 1.83.